The lowest BCUT2D eigenvalue weighted by Crippen LogP contribution is -2.59. The van der Waals surface area contributed by atoms with Crippen LogP contribution in [0.25, 0.3) is 0 Å². The van der Waals surface area contributed by atoms with Gasteiger partial charge >= 0.3 is 0 Å². The van der Waals surface area contributed by atoms with Crippen LogP contribution in [0.3, 0.4) is 0 Å². The van der Waals surface area contributed by atoms with E-state index < -0.39 is 0 Å². The molecule has 0 aromatic rings. The van der Waals surface area contributed by atoms with Crippen LogP contribution in [-0.4, -0.2) is 29.1 Å². The van der Waals surface area contributed by atoms with Crippen molar-refractivity contribution >= 4 is 6.79 Å². The van der Waals surface area contributed by atoms with Crippen molar-refractivity contribution in [3.8, 4) is 0 Å². The summed E-state index contributed by atoms with van der Waals surface area (Å²) in [7, 11) is 0. The number of hydrogen-bond acceptors (Lipinski definition) is 3. The Balaban J connectivity index is 0.000000671. The van der Waals surface area contributed by atoms with Gasteiger partial charge in [0, 0.05) is 11.1 Å². The third kappa shape index (κ3) is 4.39. The minimum absolute atomic E-state index is 0.0845. The first-order valence-corrected chi connectivity index (χ1v) is 4.57. The van der Waals surface area contributed by atoms with Gasteiger partial charge in [0.15, 0.2) is 0 Å². The summed E-state index contributed by atoms with van der Waals surface area (Å²) < 4.78 is 0. The summed E-state index contributed by atoms with van der Waals surface area (Å²) in [6, 6.07) is 0. The van der Waals surface area contributed by atoms with Crippen molar-refractivity contribution in [1.29, 1.82) is 0 Å². The topological polar surface area (TPSA) is 49.3 Å². The molecular weight excluding hydrogens is 166 g/mol. The van der Waals surface area contributed by atoms with Crippen molar-refractivity contribution in [2.45, 2.75) is 57.7 Å². The molecule has 3 heteroatoms. The summed E-state index contributed by atoms with van der Waals surface area (Å²) in [5.41, 5.74) is 0.169. The van der Waals surface area contributed by atoms with Crippen LogP contribution in [0.4, 0.5) is 0 Å². The summed E-state index contributed by atoms with van der Waals surface area (Å²) in [4.78, 5) is 8.00. The summed E-state index contributed by atoms with van der Waals surface area (Å²) in [5.74, 6) is 0. The normalized spacial score (nSPS) is 25.9. The van der Waals surface area contributed by atoms with E-state index in [1.807, 2.05) is 6.79 Å². The largest absolute Gasteiger partial charge is 0.393 e. The third-order valence-corrected chi connectivity index (χ3v) is 2.17. The van der Waals surface area contributed by atoms with Gasteiger partial charge < -0.3 is 15.2 Å². The molecule has 0 saturated carbocycles. The number of nitrogens with one attached hydrogen (secondary N) is 1. The van der Waals surface area contributed by atoms with Gasteiger partial charge in [0.1, 0.15) is 6.79 Å². The van der Waals surface area contributed by atoms with E-state index in [1.165, 1.54) is 0 Å². The molecule has 1 rings (SSSR count). The second kappa shape index (κ2) is 4.20. The van der Waals surface area contributed by atoms with Crippen LogP contribution in [0.5, 0.6) is 0 Å². The molecule has 0 spiro atoms. The highest BCUT2D eigenvalue weighted by Gasteiger charge is 2.36. The quantitative estimate of drug-likeness (QED) is 0.597. The Kier molecular flexibility index (Phi) is 4.07. The lowest BCUT2D eigenvalue weighted by Gasteiger charge is -2.44. The maximum Gasteiger partial charge on any atom is 0.106 e. The van der Waals surface area contributed by atoms with E-state index in [9.17, 15) is 5.11 Å². The standard InChI is InChI=1S/C9H19NO.CH2O/c1-8(2)5-7(11)6-9(3,4)10-8;1-2/h7,10-11H,5-6H2,1-4H3;1H2. The van der Waals surface area contributed by atoms with Gasteiger partial charge in [0.05, 0.1) is 6.10 Å². The molecule has 0 aromatic carbocycles. The molecule has 1 saturated heterocycles. The van der Waals surface area contributed by atoms with E-state index in [0.717, 1.165) is 12.8 Å². The molecule has 2 N–H and O–H groups in total. The fourth-order valence-corrected chi connectivity index (χ4v) is 2.27. The van der Waals surface area contributed by atoms with Crippen LogP contribution in [0.1, 0.15) is 40.5 Å². The first-order chi connectivity index (χ1) is 5.81. The van der Waals surface area contributed by atoms with Crippen molar-refractivity contribution in [3.63, 3.8) is 0 Å². The predicted molar refractivity (Wildman–Crippen MR) is 53.7 cm³/mol. The monoisotopic (exact) mass is 187 g/mol. The second-order valence-electron chi connectivity index (χ2n) is 4.95. The fraction of sp³-hybridized carbons (Fsp3) is 0.900. The van der Waals surface area contributed by atoms with Crippen LogP contribution >= 0.6 is 0 Å². The molecule has 0 unspecified atom stereocenters. The number of carbonyl (C=O) groups is 1. The van der Waals surface area contributed by atoms with Gasteiger partial charge in [-0.15, -0.1) is 0 Å². The zero-order chi connectivity index (χ0) is 10.7. The molecule has 13 heavy (non-hydrogen) atoms. The van der Waals surface area contributed by atoms with Crippen molar-refractivity contribution in [3.05, 3.63) is 0 Å². The van der Waals surface area contributed by atoms with E-state index in [-0.39, 0.29) is 17.2 Å². The smallest absolute Gasteiger partial charge is 0.106 e. The van der Waals surface area contributed by atoms with Crippen LogP contribution in [0.15, 0.2) is 0 Å². The minimum Gasteiger partial charge on any atom is -0.393 e. The van der Waals surface area contributed by atoms with Crippen LogP contribution < -0.4 is 5.32 Å². The van der Waals surface area contributed by atoms with E-state index in [0.29, 0.717) is 0 Å². The van der Waals surface area contributed by atoms with Gasteiger partial charge in [-0.3, -0.25) is 0 Å². The van der Waals surface area contributed by atoms with Crippen LogP contribution in [-0.2, 0) is 4.79 Å². The number of hydrogen-bond donors (Lipinski definition) is 2. The van der Waals surface area contributed by atoms with E-state index in [2.05, 4.69) is 33.0 Å². The van der Waals surface area contributed by atoms with E-state index in [4.69, 9.17) is 4.79 Å². The molecule has 1 heterocycles. The first kappa shape index (κ1) is 12.6. The Bertz CT molecular complexity index is 150. The number of rotatable bonds is 0. The molecule has 0 bridgehead atoms. The Morgan fingerprint density at radius 1 is 1.15 bits per heavy atom. The molecule has 78 valence electrons. The van der Waals surface area contributed by atoms with Gasteiger partial charge in [0.25, 0.3) is 0 Å². The van der Waals surface area contributed by atoms with Crippen LogP contribution in [0, 0.1) is 0 Å². The summed E-state index contributed by atoms with van der Waals surface area (Å²) in [6.07, 6.45) is 1.58. The molecule has 1 fully saturated rings. The Morgan fingerprint density at radius 2 is 1.46 bits per heavy atom. The number of piperidine rings is 1. The molecule has 0 atom stereocenters. The summed E-state index contributed by atoms with van der Waals surface area (Å²) in [6.45, 7) is 10.5. The average Bonchev–Trinajstić information content (AvgIpc) is 1.82. The number of aliphatic hydroxyl groups is 1. The summed E-state index contributed by atoms with van der Waals surface area (Å²) >= 11 is 0. The maximum absolute atomic E-state index is 9.54. The van der Waals surface area contributed by atoms with Crippen LogP contribution in [0.2, 0.25) is 0 Å². The van der Waals surface area contributed by atoms with Gasteiger partial charge in [0.2, 0.25) is 0 Å². The zero-order valence-electron chi connectivity index (χ0n) is 9.05. The molecule has 1 aliphatic heterocycles. The lowest BCUT2D eigenvalue weighted by molar-refractivity contribution is -0.0980. The van der Waals surface area contributed by atoms with Gasteiger partial charge in [-0.05, 0) is 40.5 Å². The molecular formula is C10H21NO2. The first-order valence-electron chi connectivity index (χ1n) is 4.57. The maximum atomic E-state index is 9.54. The second-order valence-corrected chi connectivity index (χ2v) is 4.95. The Hall–Kier alpha value is -0.410. The average molecular weight is 187 g/mol. The Labute approximate surface area is 80.5 Å². The molecule has 0 amide bonds. The van der Waals surface area contributed by atoms with Crippen molar-refractivity contribution in [2.75, 3.05) is 0 Å². The van der Waals surface area contributed by atoms with Crippen molar-refractivity contribution in [2.24, 2.45) is 0 Å². The fourth-order valence-electron chi connectivity index (χ4n) is 2.27. The van der Waals surface area contributed by atoms with Gasteiger partial charge in [-0.25, -0.2) is 0 Å². The van der Waals surface area contributed by atoms with Crippen molar-refractivity contribution < 1.29 is 9.90 Å². The molecule has 3 nitrogen and oxygen atoms in total. The molecule has 0 radical (unpaired) electrons. The lowest BCUT2D eigenvalue weighted by atomic mass is 9.81. The minimum atomic E-state index is -0.138. The van der Waals surface area contributed by atoms with E-state index >= 15 is 0 Å². The van der Waals surface area contributed by atoms with Crippen molar-refractivity contribution in [1.82, 2.24) is 5.32 Å². The van der Waals surface area contributed by atoms with Gasteiger partial charge in [-0.2, -0.15) is 0 Å². The highest BCUT2D eigenvalue weighted by molar-refractivity contribution is 5.11. The van der Waals surface area contributed by atoms with E-state index in [1.54, 1.807) is 0 Å². The molecule has 1 aliphatic rings. The SMILES string of the molecule is C=O.CC1(C)CC(O)CC(C)(C)N1. The highest BCUT2D eigenvalue weighted by atomic mass is 16.3. The number of carbonyl (C=O) groups excluding carboxylic acids is 1. The zero-order valence-corrected chi connectivity index (χ0v) is 9.05. The summed E-state index contributed by atoms with van der Waals surface area (Å²) in [5, 5.41) is 13.0. The highest BCUT2D eigenvalue weighted by Crippen LogP contribution is 2.27. The van der Waals surface area contributed by atoms with Gasteiger partial charge in [-0.1, -0.05) is 0 Å². The number of aliphatic hydroxyl groups excluding tert-OH is 1. The molecule has 0 aliphatic carbocycles. The molecule has 0 aromatic heterocycles. The Morgan fingerprint density at radius 3 is 1.69 bits per heavy atom. The third-order valence-electron chi connectivity index (χ3n) is 2.17. The predicted octanol–water partition coefficient (Wildman–Crippen LogP) is 1.10.